The fourth-order valence-electron chi connectivity index (χ4n) is 2.28. The summed E-state index contributed by atoms with van der Waals surface area (Å²) in [4.78, 5) is 15.8. The Morgan fingerprint density at radius 1 is 1.20 bits per heavy atom. The van der Waals surface area contributed by atoms with E-state index in [1.165, 1.54) is 12.7 Å². The van der Waals surface area contributed by atoms with Crippen molar-refractivity contribution in [1.82, 2.24) is 4.98 Å². The van der Waals surface area contributed by atoms with Gasteiger partial charge in [-0.25, -0.2) is 4.79 Å². The summed E-state index contributed by atoms with van der Waals surface area (Å²) in [6, 6.07) is 13.6. The lowest BCUT2D eigenvalue weighted by Crippen LogP contribution is -2.05. The summed E-state index contributed by atoms with van der Waals surface area (Å²) in [5.74, 6) is 0.117. The first-order valence-corrected chi connectivity index (χ1v) is 6.82. The van der Waals surface area contributed by atoms with Gasteiger partial charge in [-0.05, 0) is 48.6 Å². The topological polar surface area (TPSA) is 39.2 Å². The molecule has 1 unspecified atom stereocenters. The highest BCUT2D eigenvalue weighted by Crippen LogP contribution is 2.24. The van der Waals surface area contributed by atoms with Gasteiger partial charge in [0, 0.05) is 11.9 Å². The van der Waals surface area contributed by atoms with E-state index in [-0.39, 0.29) is 5.97 Å². The van der Waals surface area contributed by atoms with E-state index in [4.69, 9.17) is 4.74 Å². The van der Waals surface area contributed by atoms with Crippen molar-refractivity contribution >= 4 is 5.97 Å². The minimum atomic E-state index is -0.297. The van der Waals surface area contributed by atoms with Gasteiger partial charge in [-0.1, -0.05) is 25.1 Å². The van der Waals surface area contributed by atoms with Gasteiger partial charge in [-0.15, -0.1) is 0 Å². The summed E-state index contributed by atoms with van der Waals surface area (Å²) < 4.78 is 4.71. The summed E-state index contributed by atoms with van der Waals surface area (Å²) in [5, 5.41) is 0. The summed E-state index contributed by atoms with van der Waals surface area (Å²) in [6.45, 7) is 2.17. The number of ether oxygens (including phenoxy) is 1. The van der Waals surface area contributed by atoms with E-state index in [9.17, 15) is 4.79 Å². The molecule has 1 aromatic heterocycles. The molecule has 0 spiro atoms. The summed E-state index contributed by atoms with van der Waals surface area (Å²) in [6.07, 6.45) is 3.77. The Morgan fingerprint density at radius 3 is 2.50 bits per heavy atom. The predicted octanol–water partition coefficient (Wildman–Crippen LogP) is 3.60. The van der Waals surface area contributed by atoms with E-state index >= 15 is 0 Å². The molecule has 0 bridgehead atoms. The molecule has 0 radical (unpaired) electrons. The van der Waals surface area contributed by atoms with Gasteiger partial charge in [0.25, 0.3) is 0 Å². The number of methoxy groups -OCH3 is 1. The number of benzene rings is 1. The van der Waals surface area contributed by atoms with Gasteiger partial charge >= 0.3 is 5.97 Å². The molecule has 20 heavy (non-hydrogen) atoms. The van der Waals surface area contributed by atoms with E-state index in [0.717, 1.165) is 18.5 Å². The number of nitrogens with zero attached hydrogens (tertiary/aromatic N) is 1. The maximum absolute atomic E-state index is 11.4. The molecular formula is C17H19NO2. The molecule has 1 heterocycles. The van der Waals surface area contributed by atoms with Crippen molar-refractivity contribution < 1.29 is 9.53 Å². The average Bonchev–Trinajstić information content (AvgIpc) is 2.53. The number of hydrogen-bond acceptors (Lipinski definition) is 3. The van der Waals surface area contributed by atoms with Gasteiger partial charge in [-0.3, -0.25) is 4.98 Å². The highest BCUT2D eigenvalue weighted by Gasteiger charge is 2.12. The van der Waals surface area contributed by atoms with Crippen LogP contribution >= 0.6 is 0 Å². The van der Waals surface area contributed by atoms with Crippen molar-refractivity contribution in [3.05, 3.63) is 65.5 Å². The van der Waals surface area contributed by atoms with Crippen LogP contribution in [0.2, 0.25) is 0 Å². The Hall–Kier alpha value is -2.16. The highest BCUT2D eigenvalue weighted by atomic mass is 16.5. The Bertz CT molecular complexity index is 549. The van der Waals surface area contributed by atoms with Gasteiger partial charge in [0.2, 0.25) is 0 Å². The smallest absolute Gasteiger partial charge is 0.337 e. The molecule has 3 heteroatoms. The van der Waals surface area contributed by atoms with Crippen LogP contribution in [0.15, 0.2) is 48.7 Å². The Balaban J connectivity index is 2.13. The van der Waals surface area contributed by atoms with Crippen LogP contribution in [0.5, 0.6) is 0 Å². The van der Waals surface area contributed by atoms with Crippen LogP contribution in [0.3, 0.4) is 0 Å². The minimum absolute atomic E-state index is 0.297. The number of aromatic nitrogens is 1. The molecule has 0 N–H and O–H groups in total. The van der Waals surface area contributed by atoms with E-state index in [1.54, 1.807) is 0 Å². The van der Waals surface area contributed by atoms with E-state index in [2.05, 4.69) is 11.9 Å². The average molecular weight is 269 g/mol. The molecule has 0 saturated carbocycles. The number of hydrogen-bond donors (Lipinski definition) is 0. The lowest BCUT2D eigenvalue weighted by atomic mass is 9.91. The monoisotopic (exact) mass is 269 g/mol. The molecular weight excluding hydrogens is 250 g/mol. The molecule has 1 atom stereocenters. The fraction of sp³-hybridized carbons (Fsp3) is 0.294. The van der Waals surface area contributed by atoms with Crippen LogP contribution < -0.4 is 0 Å². The van der Waals surface area contributed by atoms with Crippen LogP contribution in [-0.2, 0) is 11.2 Å². The Morgan fingerprint density at radius 2 is 1.95 bits per heavy atom. The van der Waals surface area contributed by atoms with Crippen molar-refractivity contribution in [1.29, 1.82) is 0 Å². The van der Waals surface area contributed by atoms with Gasteiger partial charge in [0.05, 0.1) is 12.7 Å². The zero-order valence-corrected chi connectivity index (χ0v) is 11.9. The zero-order chi connectivity index (χ0) is 14.4. The molecule has 2 aromatic rings. The van der Waals surface area contributed by atoms with Gasteiger partial charge in [-0.2, -0.15) is 0 Å². The van der Waals surface area contributed by atoms with Crippen LogP contribution in [0.4, 0.5) is 0 Å². The second-order valence-corrected chi connectivity index (χ2v) is 4.74. The van der Waals surface area contributed by atoms with E-state index in [0.29, 0.717) is 11.5 Å². The lowest BCUT2D eigenvalue weighted by Gasteiger charge is -2.15. The number of rotatable bonds is 5. The molecule has 0 fully saturated rings. The number of carbonyl (C=O) groups is 1. The SMILES string of the molecule is CCC(Cc1ccccn1)c1ccc(C(=O)OC)cc1. The van der Waals surface area contributed by atoms with Gasteiger partial charge in [0.1, 0.15) is 0 Å². The molecule has 0 aliphatic heterocycles. The molecule has 0 saturated heterocycles. The van der Waals surface area contributed by atoms with Gasteiger partial charge in [0.15, 0.2) is 0 Å². The summed E-state index contributed by atoms with van der Waals surface area (Å²) in [5.41, 5.74) is 2.91. The third kappa shape index (κ3) is 3.44. The van der Waals surface area contributed by atoms with Crippen LogP contribution in [0, 0.1) is 0 Å². The van der Waals surface area contributed by atoms with Crippen molar-refractivity contribution in [2.45, 2.75) is 25.7 Å². The first kappa shape index (κ1) is 14.3. The van der Waals surface area contributed by atoms with Crippen LogP contribution in [-0.4, -0.2) is 18.1 Å². The summed E-state index contributed by atoms with van der Waals surface area (Å²) in [7, 11) is 1.40. The van der Waals surface area contributed by atoms with Crippen LogP contribution in [0.1, 0.15) is 40.9 Å². The number of pyridine rings is 1. The molecule has 104 valence electrons. The molecule has 0 aliphatic carbocycles. The number of carbonyl (C=O) groups excluding carboxylic acids is 1. The van der Waals surface area contributed by atoms with Crippen molar-refractivity contribution in [3.63, 3.8) is 0 Å². The minimum Gasteiger partial charge on any atom is -0.465 e. The zero-order valence-electron chi connectivity index (χ0n) is 11.9. The standard InChI is InChI=1S/C17H19NO2/c1-3-13(12-16-6-4-5-11-18-16)14-7-9-15(10-8-14)17(19)20-2/h4-11,13H,3,12H2,1-2H3. The molecule has 2 rings (SSSR count). The largest absolute Gasteiger partial charge is 0.465 e. The molecule has 0 aliphatic rings. The fourth-order valence-corrected chi connectivity index (χ4v) is 2.28. The van der Waals surface area contributed by atoms with Crippen molar-refractivity contribution in [3.8, 4) is 0 Å². The second kappa shape index (κ2) is 6.85. The number of esters is 1. The molecule has 0 amide bonds. The third-order valence-electron chi connectivity index (χ3n) is 3.48. The normalized spacial score (nSPS) is 11.9. The summed E-state index contributed by atoms with van der Waals surface area (Å²) >= 11 is 0. The third-order valence-corrected chi connectivity index (χ3v) is 3.48. The Kier molecular flexibility index (Phi) is 4.88. The lowest BCUT2D eigenvalue weighted by molar-refractivity contribution is 0.0600. The van der Waals surface area contributed by atoms with Crippen molar-refractivity contribution in [2.75, 3.05) is 7.11 Å². The maximum atomic E-state index is 11.4. The second-order valence-electron chi connectivity index (χ2n) is 4.74. The van der Waals surface area contributed by atoms with Gasteiger partial charge < -0.3 is 4.74 Å². The first-order valence-electron chi connectivity index (χ1n) is 6.82. The van der Waals surface area contributed by atoms with E-state index < -0.39 is 0 Å². The molecule has 3 nitrogen and oxygen atoms in total. The Labute approximate surface area is 119 Å². The highest BCUT2D eigenvalue weighted by molar-refractivity contribution is 5.89. The molecule has 1 aromatic carbocycles. The first-order chi connectivity index (χ1) is 9.74. The van der Waals surface area contributed by atoms with Crippen LogP contribution in [0.25, 0.3) is 0 Å². The maximum Gasteiger partial charge on any atom is 0.337 e. The van der Waals surface area contributed by atoms with E-state index in [1.807, 2.05) is 48.7 Å². The quantitative estimate of drug-likeness (QED) is 0.778. The van der Waals surface area contributed by atoms with Crippen molar-refractivity contribution in [2.24, 2.45) is 0 Å². The predicted molar refractivity (Wildman–Crippen MR) is 78.8 cm³/mol.